The van der Waals surface area contributed by atoms with Crippen molar-refractivity contribution in [1.29, 1.82) is 0 Å². The lowest BCUT2D eigenvalue weighted by atomic mass is 10.1. The van der Waals surface area contributed by atoms with Gasteiger partial charge in [-0.25, -0.2) is 0 Å². The van der Waals surface area contributed by atoms with Crippen LogP contribution in [0.2, 0.25) is 0 Å². The summed E-state index contributed by atoms with van der Waals surface area (Å²) < 4.78 is 0. The molecule has 3 atom stereocenters. The van der Waals surface area contributed by atoms with Crippen LogP contribution in [0.25, 0.3) is 0 Å². The SMILES string of the molecule is CC1SCCC1N1CCCC1CC(=O)O. The summed E-state index contributed by atoms with van der Waals surface area (Å²) in [5, 5.41) is 9.55. The molecule has 0 radical (unpaired) electrons. The third kappa shape index (κ3) is 2.48. The summed E-state index contributed by atoms with van der Waals surface area (Å²) >= 11 is 2.02. The Labute approximate surface area is 95.2 Å². The van der Waals surface area contributed by atoms with Gasteiger partial charge in [-0.2, -0.15) is 11.8 Å². The molecule has 0 amide bonds. The van der Waals surface area contributed by atoms with Crippen LogP contribution in [0, 0.1) is 0 Å². The quantitative estimate of drug-likeness (QED) is 0.801. The van der Waals surface area contributed by atoms with Crippen LogP contribution in [-0.2, 0) is 4.79 Å². The molecule has 0 aliphatic carbocycles. The maximum atomic E-state index is 10.8. The van der Waals surface area contributed by atoms with E-state index in [0.717, 1.165) is 13.0 Å². The fraction of sp³-hybridized carbons (Fsp3) is 0.909. The maximum Gasteiger partial charge on any atom is 0.304 e. The Morgan fingerprint density at radius 3 is 2.93 bits per heavy atom. The fourth-order valence-corrected chi connectivity index (χ4v) is 4.14. The van der Waals surface area contributed by atoms with Gasteiger partial charge in [-0.05, 0) is 31.6 Å². The smallest absolute Gasteiger partial charge is 0.304 e. The van der Waals surface area contributed by atoms with E-state index in [-0.39, 0.29) is 0 Å². The first-order chi connectivity index (χ1) is 7.18. The van der Waals surface area contributed by atoms with Crippen LogP contribution in [0.4, 0.5) is 0 Å². The van der Waals surface area contributed by atoms with Gasteiger partial charge in [0.05, 0.1) is 6.42 Å². The van der Waals surface area contributed by atoms with Gasteiger partial charge in [0.2, 0.25) is 0 Å². The average Bonchev–Trinajstić information content (AvgIpc) is 2.73. The largest absolute Gasteiger partial charge is 0.481 e. The monoisotopic (exact) mass is 229 g/mol. The molecule has 0 saturated carbocycles. The van der Waals surface area contributed by atoms with Gasteiger partial charge in [-0.15, -0.1) is 0 Å². The molecule has 0 aromatic rings. The minimum atomic E-state index is -0.648. The number of carboxylic acids is 1. The highest BCUT2D eigenvalue weighted by molar-refractivity contribution is 8.00. The van der Waals surface area contributed by atoms with Crippen LogP contribution in [-0.4, -0.2) is 45.6 Å². The molecule has 0 spiro atoms. The van der Waals surface area contributed by atoms with Crippen LogP contribution in [0.1, 0.15) is 32.6 Å². The van der Waals surface area contributed by atoms with Gasteiger partial charge in [0, 0.05) is 17.3 Å². The van der Waals surface area contributed by atoms with Crippen molar-refractivity contribution in [2.75, 3.05) is 12.3 Å². The zero-order chi connectivity index (χ0) is 10.8. The van der Waals surface area contributed by atoms with Crippen molar-refractivity contribution in [2.45, 2.75) is 49.9 Å². The summed E-state index contributed by atoms with van der Waals surface area (Å²) in [6, 6.07) is 0.926. The van der Waals surface area contributed by atoms with E-state index in [2.05, 4.69) is 11.8 Å². The molecule has 3 unspecified atom stereocenters. The molecule has 0 bridgehead atoms. The zero-order valence-electron chi connectivity index (χ0n) is 9.19. The van der Waals surface area contributed by atoms with Gasteiger partial charge in [0.25, 0.3) is 0 Å². The summed E-state index contributed by atoms with van der Waals surface area (Å²) in [7, 11) is 0. The Balaban J connectivity index is 1.97. The first kappa shape index (κ1) is 11.3. The third-order valence-electron chi connectivity index (χ3n) is 3.60. The molecule has 1 N–H and O–H groups in total. The number of thioether (sulfide) groups is 1. The molecule has 2 fully saturated rings. The summed E-state index contributed by atoms with van der Waals surface area (Å²) in [6.45, 7) is 3.38. The minimum Gasteiger partial charge on any atom is -0.481 e. The highest BCUT2D eigenvalue weighted by atomic mass is 32.2. The number of nitrogens with zero attached hydrogens (tertiary/aromatic N) is 1. The Bertz CT molecular complexity index is 247. The Morgan fingerprint density at radius 2 is 2.33 bits per heavy atom. The number of aliphatic carboxylic acids is 1. The number of rotatable bonds is 3. The van der Waals surface area contributed by atoms with E-state index in [0.29, 0.717) is 23.8 Å². The Kier molecular flexibility index (Phi) is 3.57. The van der Waals surface area contributed by atoms with Gasteiger partial charge in [-0.3, -0.25) is 9.69 Å². The second-order valence-corrected chi connectivity index (χ2v) is 6.05. The number of carbonyl (C=O) groups is 1. The molecular weight excluding hydrogens is 210 g/mol. The van der Waals surface area contributed by atoms with Crippen molar-refractivity contribution in [3.8, 4) is 0 Å². The van der Waals surface area contributed by atoms with Crippen molar-refractivity contribution < 1.29 is 9.90 Å². The van der Waals surface area contributed by atoms with E-state index in [4.69, 9.17) is 5.11 Å². The molecule has 2 heterocycles. The van der Waals surface area contributed by atoms with Crippen LogP contribution in [0.3, 0.4) is 0 Å². The summed E-state index contributed by atoms with van der Waals surface area (Å²) in [6.07, 6.45) is 3.81. The molecule has 2 saturated heterocycles. The van der Waals surface area contributed by atoms with Crippen LogP contribution < -0.4 is 0 Å². The maximum absolute atomic E-state index is 10.8. The predicted octanol–water partition coefficient (Wildman–Crippen LogP) is 1.82. The highest BCUT2D eigenvalue weighted by Crippen LogP contribution is 2.35. The molecule has 0 aromatic carbocycles. The second kappa shape index (κ2) is 4.74. The number of carboxylic acid groups (broad SMARTS) is 1. The van der Waals surface area contributed by atoms with Crippen LogP contribution in [0.15, 0.2) is 0 Å². The third-order valence-corrected chi connectivity index (χ3v) is 4.91. The number of hydrogen-bond acceptors (Lipinski definition) is 3. The molecule has 86 valence electrons. The van der Waals surface area contributed by atoms with Crippen molar-refractivity contribution in [2.24, 2.45) is 0 Å². The van der Waals surface area contributed by atoms with Crippen molar-refractivity contribution in [1.82, 2.24) is 4.90 Å². The van der Waals surface area contributed by atoms with Crippen LogP contribution >= 0.6 is 11.8 Å². The van der Waals surface area contributed by atoms with Gasteiger partial charge >= 0.3 is 5.97 Å². The lowest BCUT2D eigenvalue weighted by molar-refractivity contribution is -0.138. The first-order valence-corrected chi connectivity index (χ1v) is 6.82. The standard InChI is InChI=1S/C11H19NO2S/c1-8-10(4-6-15-8)12-5-2-3-9(12)7-11(13)14/h8-10H,2-7H2,1H3,(H,13,14). The van der Waals surface area contributed by atoms with E-state index < -0.39 is 5.97 Å². The van der Waals surface area contributed by atoms with E-state index in [1.807, 2.05) is 11.8 Å². The minimum absolute atomic E-state index is 0.300. The average molecular weight is 229 g/mol. The van der Waals surface area contributed by atoms with E-state index in [9.17, 15) is 4.79 Å². The number of likely N-dealkylation sites (tertiary alicyclic amines) is 1. The van der Waals surface area contributed by atoms with Gasteiger partial charge in [0.1, 0.15) is 0 Å². The normalized spacial score (nSPS) is 37.3. The van der Waals surface area contributed by atoms with E-state index in [1.165, 1.54) is 18.6 Å². The first-order valence-electron chi connectivity index (χ1n) is 5.77. The highest BCUT2D eigenvalue weighted by Gasteiger charge is 2.36. The predicted molar refractivity (Wildman–Crippen MR) is 62.3 cm³/mol. The number of hydrogen-bond donors (Lipinski definition) is 1. The van der Waals surface area contributed by atoms with Crippen molar-refractivity contribution in [3.63, 3.8) is 0 Å². The zero-order valence-corrected chi connectivity index (χ0v) is 10.0. The van der Waals surface area contributed by atoms with E-state index >= 15 is 0 Å². The van der Waals surface area contributed by atoms with E-state index in [1.54, 1.807) is 0 Å². The second-order valence-electron chi connectivity index (χ2n) is 4.56. The van der Waals surface area contributed by atoms with Crippen molar-refractivity contribution in [3.05, 3.63) is 0 Å². The summed E-state index contributed by atoms with van der Waals surface area (Å²) in [5.41, 5.74) is 0. The molecule has 3 nitrogen and oxygen atoms in total. The van der Waals surface area contributed by atoms with Crippen molar-refractivity contribution >= 4 is 17.7 Å². The molecule has 2 rings (SSSR count). The molecule has 0 aromatic heterocycles. The molecule has 2 aliphatic rings. The van der Waals surface area contributed by atoms with Gasteiger partial charge in [0.15, 0.2) is 0 Å². The molecule has 2 aliphatic heterocycles. The molecular formula is C11H19NO2S. The topological polar surface area (TPSA) is 40.5 Å². The molecule has 4 heteroatoms. The lowest BCUT2D eigenvalue weighted by Crippen LogP contribution is -2.42. The Hall–Kier alpha value is -0.220. The van der Waals surface area contributed by atoms with Crippen LogP contribution in [0.5, 0.6) is 0 Å². The molecule has 15 heavy (non-hydrogen) atoms. The fourth-order valence-electron chi connectivity index (χ4n) is 2.87. The van der Waals surface area contributed by atoms with Gasteiger partial charge in [-0.1, -0.05) is 6.92 Å². The summed E-state index contributed by atoms with van der Waals surface area (Å²) in [5.74, 6) is 0.590. The summed E-state index contributed by atoms with van der Waals surface area (Å²) in [4.78, 5) is 13.2. The lowest BCUT2D eigenvalue weighted by Gasteiger charge is -2.31. The Morgan fingerprint density at radius 1 is 1.53 bits per heavy atom. The van der Waals surface area contributed by atoms with Gasteiger partial charge < -0.3 is 5.11 Å².